The Bertz CT molecular complexity index is 819. The lowest BCUT2D eigenvalue weighted by molar-refractivity contribution is -0.140. The molecule has 6 heteroatoms. The van der Waals surface area contributed by atoms with Gasteiger partial charge in [0.1, 0.15) is 6.04 Å². The molecule has 0 aromatic heterocycles. The summed E-state index contributed by atoms with van der Waals surface area (Å²) in [7, 11) is 0. The molecule has 0 aliphatic carbocycles. The van der Waals surface area contributed by atoms with E-state index in [0.717, 1.165) is 10.5 Å². The second kappa shape index (κ2) is 11.4. The highest BCUT2D eigenvalue weighted by atomic mass is 35.5. The van der Waals surface area contributed by atoms with Gasteiger partial charge in [-0.1, -0.05) is 41.9 Å². The van der Waals surface area contributed by atoms with Gasteiger partial charge in [0.2, 0.25) is 11.8 Å². The van der Waals surface area contributed by atoms with E-state index in [1.165, 1.54) is 0 Å². The molecule has 162 valence electrons. The Morgan fingerprint density at radius 3 is 2.30 bits per heavy atom. The fraction of sp³-hybridized carbons (Fsp3) is 0.417. The normalized spacial score (nSPS) is 12.3. The van der Waals surface area contributed by atoms with E-state index in [0.29, 0.717) is 30.2 Å². The Labute approximate surface area is 189 Å². The van der Waals surface area contributed by atoms with E-state index >= 15 is 0 Å². The summed E-state index contributed by atoms with van der Waals surface area (Å²) in [4.78, 5) is 28.5. The SMILES string of the molecule is CC(C(=O)NC(C)(C)C)N(CCc1ccccc1)C(=O)CCSc1ccc(Cl)cc1. The number of rotatable bonds is 9. The van der Waals surface area contributed by atoms with Crippen LogP contribution in [0.15, 0.2) is 59.5 Å². The molecule has 1 unspecified atom stereocenters. The smallest absolute Gasteiger partial charge is 0.242 e. The molecule has 0 saturated carbocycles. The van der Waals surface area contributed by atoms with Crippen LogP contribution < -0.4 is 5.32 Å². The lowest BCUT2D eigenvalue weighted by atomic mass is 10.1. The van der Waals surface area contributed by atoms with Crippen LogP contribution in [-0.4, -0.2) is 40.6 Å². The van der Waals surface area contributed by atoms with Crippen LogP contribution in [0.25, 0.3) is 0 Å². The van der Waals surface area contributed by atoms with Crippen LogP contribution in [0.3, 0.4) is 0 Å². The van der Waals surface area contributed by atoms with Crippen LogP contribution >= 0.6 is 23.4 Å². The van der Waals surface area contributed by atoms with Crippen molar-refractivity contribution in [2.24, 2.45) is 0 Å². The van der Waals surface area contributed by atoms with E-state index in [2.05, 4.69) is 5.32 Å². The quantitative estimate of drug-likeness (QED) is 0.539. The Balaban J connectivity index is 2.01. The van der Waals surface area contributed by atoms with Crippen molar-refractivity contribution in [1.29, 1.82) is 0 Å². The predicted molar refractivity (Wildman–Crippen MR) is 126 cm³/mol. The van der Waals surface area contributed by atoms with Crippen molar-refractivity contribution in [2.75, 3.05) is 12.3 Å². The van der Waals surface area contributed by atoms with E-state index in [1.807, 2.05) is 75.4 Å². The zero-order valence-corrected chi connectivity index (χ0v) is 19.7. The first kappa shape index (κ1) is 24.3. The summed E-state index contributed by atoms with van der Waals surface area (Å²) in [6.45, 7) is 8.13. The average Bonchev–Trinajstić information content (AvgIpc) is 2.69. The van der Waals surface area contributed by atoms with Crippen molar-refractivity contribution < 1.29 is 9.59 Å². The molecule has 0 bridgehead atoms. The summed E-state index contributed by atoms with van der Waals surface area (Å²) in [5, 5.41) is 3.68. The molecule has 0 aliphatic rings. The summed E-state index contributed by atoms with van der Waals surface area (Å²) >= 11 is 7.54. The van der Waals surface area contributed by atoms with E-state index in [4.69, 9.17) is 11.6 Å². The molecule has 4 nitrogen and oxygen atoms in total. The number of benzene rings is 2. The average molecular weight is 447 g/mol. The summed E-state index contributed by atoms with van der Waals surface area (Å²) < 4.78 is 0. The minimum absolute atomic E-state index is 0.0102. The zero-order valence-electron chi connectivity index (χ0n) is 18.2. The molecule has 0 aliphatic heterocycles. The minimum atomic E-state index is -0.527. The summed E-state index contributed by atoms with van der Waals surface area (Å²) in [6.07, 6.45) is 1.08. The van der Waals surface area contributed by atoms with Crippen LogP contribution in [0.5, 0.6) is 0 Å². The van der Waals surface area contributed by atoms with Crippen LogP contribution in [0.4, 0.5) is 0 Å². The lowest BCUT2D eigenvalue weighted by Crippen LogP contribution is -2.53. The minimum Gasteiger partial charge on any atom is -0.350 e. The van der Waals surface area contributed by atoms with Gasteiger partial charge in [-0.3, -0.25) is 9.59 Å². The predicted octanol–water partition coefficient (Wildman–Crippen LogP) is 5.20. The maximum absolute atomic E-state index is 13.0. The third kappa shape index (κ3) is 8.41. The highest BCUT2D eigenvalue weighted by molar-refractivity contribution is 7.99. The number of hydrogen-bond donors (Lipinski definition) is 1. The first-order chi connectivity index (χ1) is 14.2. The fourth-order valence-corrected chi connectivity index (χ4v) is 3.94. The maximum atomic E-state index is 13.0. The maximum Gasteiger partial charge on any atom is 0.242 e. The zero-order chi connectivity index (χ0) is 22.1. The molecular weight excluding hydrogens is 416 g/mol. The van der Waals surface area contributed by atoms with Gasteiger partial charge in [0.25, 0.3) is 0 Å². The van der Waals surface area contributed by atoms with Crippen molar-refractivity contribution in [1.82, 2.24) is 10.2 Å². The van der Waals surface area contributed by atoms with Gasteiger partial charge in [-0.2, -0.15) is 0 Å². The van der Waals surface area contributed by atoms with E-state index in [1.54, 1.807) is 23.6 Å². The molecule has 0 radical (unpaired) electrons. The number of nitrogens with zero attached hydrogens (tertiary/aromatic N) is 1. The molecule has 30 heavy (non-hydrogen) atoms. The molecule has 0 heterocycles. The van der Waals surface area contributed by atoms with Gasteiger partial charge in [0.05, 0.1) is 0 Å². The van der Waals surface area contributed by atoms with Crippen molar-refractivity contribution in [2.45, 2.75) is 57.0 Å². The molecule has 0 fully saturated rings. The van der Waals surface area contributed by atoms with Crippen molar-refractivity contribution >= 4 is 35.2 Å². The summed E-state index contributed by atoms with van der Waals surface area (Å²) in [6, 6.07) is 17.1. The standard InChI is InChI=1S/C24H31ClN2O2S/c1-18(23(29)26-24(2,3)4)27(16-14-19-8-6-5-7-9-19)22(28)15-17-30-21-12-10-20(25)11-13-21/h5-13,18H,14-17H2,1-4H3,(H,26,29). The van der Waals surface area contributed by atoms with Crippen molar-refractivity contribution in [3.8, 4) is 0 Å². The second-order valence-corrected chi connectivity index (χ2v) is 9.90. The van der Waals surface area contributed by atoms with Crippen molar-refractivity contribution in [3.63, 3.8) is 0 Å². The number of thioether (sulfide) groups is 1. The first-order valence-corrected chi connectivity index (χ1v) is 11.6. The Kier molecular flexibility index (Phi) is 9.25. The van der Waals surface area contributed by atoms with Gasteiger partial charge in [-0.25, -0.2) is 0 Å². The lowest BCUT2D eigenvalue weighted by Gasteiger charge is -2.31. The topological polar surface area (TPSA) is 49.4 Å². The Morgan fingerprint density at radius 1 is 1.07 bits per heavy atom. The molecule has 1 atom stereocenters. The van der Waals surface area contributed by atoms with Gasteiger partial charge in [0.15, 0.2) is 0 Å². The van der Waals surface area contributed by atoms with Crippen LogP contribution in [0.2, 0.25) is 5.02 Å². The van der Waals surface area contributed by atoms with Crippen LogP contribution in [-0.2, 0) is 16.0 Å². The third-order valence-electron chi connectivity index (χ3n) is 4.55. The summed E-state index contributed by atoms with van der Waals surface area (Å²) in [5.74, 6) is 0.508. The molecule has 2 aromatic carbocycles. The summed E-state index contributed by atoms with van der Waals surface area (Å²) in [5.41, 5.74) is 0.804. The molecule has 2 aromatic rings. The number of hydrogen-bond acceptors (Lipinski definition) is 3. The van der Waals surface area contributed by atoms with Crippen LogP contribution in [0, 0.1) is 0 Å². The Morgan fingerprint density at radius 2 is 1.70 bits per heavy atom. The first-order valence-electron chi connectivity index (χ1n) is 10.2. The number of halogens is 1. The molecule has 2 amide bonds. The molecule has 0 spiro atoms. The van der Waals surface area contributed by atoms with Gasteiger partial charge in [-0.15, -0.1) is 11.8 Å². The number of nitrogens with one attached hydrogen (secondary N) is 1. The van der Waals surface area contributed by atoms with Crippen LogP contribution in [0.1, 0.15) is 39.7 Å². The molecule has 2 rings (SSSR count). The van der Waals surface area contributed by atoms with E-state index in [9.17, 15) is 9.59 Å². The van der Waals surface area contributed by atoms with Crippen molar-refractivity contribution in [3.05, 3.63) is 65.2 Å². The third-order valence-corrected chi connectivity index (χ3v) is 5.81. The van der Waals surface area contributed by atoms with Gasteiger partial charge in [0, 0.05) is 34.2 Å². The van der Waals surface area contributed by atoms with E-state index < -0.39 is 6.04 Å². The Hall–Kier alpha value is -1.98. The van der Waals surface area contributed by atoms with E-state index in [-0.39, 0.29) is 17.4 Å². The molecular formula is C24H31ClN2O2S. The fourth-order valence-electron chi connectivity index (χ4n) is 2.97. The monoisotopic (exact) mass is 446 g/mol. The molecule has 0 saturated heterocycles. The van der Waals surface area contributed by atoms with Gasteiger partial charge >= 0.3 is 0 Å². The number of carbonyl (C=O) groups is 2. The number of carbonyl (C=O) groups excluding carboxylic acids is 2. The largest absolute Gasteiger partial charge is 0.350 e. The highest BCUT2D eigenvalue weighted by Crippen LogP contribution is 2.21. The molecule has 1 N–H and O–H groups in total. The van der Waals surface area contributed by atoms with Gasteiger partial charge < -0.3 is 10.2 Å². The highest BCUT2D eigenvalue weighted by Gasteiger charge is 2.27. The van der Waals surface area contributed by atoms with Gasteiger partial charge in [-0.05, 0) is 63.9 Å². The second-order valence-electron chi connectivity index (χ2n) is 8.29. The number of amides is 2.